The second-order valence-electron chi connectivity index (χ2n) is 4.54. The predicted molar refractivity (Wildman–Crippen MR) is 68.9 cm³/mol. The van der Waals surface area contributed by atoms with Crippen molar-refractivity contribution in [1.29, 1.82) is 0 Å². The van der Waals surface area contributed by atoms with Crippen molar-refractivity contribution in [1.82, 2.24) is 0 Å². The third kappa shape index (κ3) is 4.43. The van der Waals surface area contributed by atoms with Gasteiger partial charge in [0.25, 0.3) is 0 Å². The molecule has 0 fully saturated rings. The maximum atomic E-state index is 12.0. The van der Waals surface area contributed by atoms with Crippen molar-refractivity contribution in [3.8, 4) is 5.75 Å². The molecule has 6 heteroatoms. The molecule has 0 spiro atoms. The number of hydrogen-bond donors (Lipinski definition) is 0. The Balaban J connectivity index is 1.93. The van der Waals surface area contributed by atoms with Crippen LogP contribution in [0.5, 0.6) is 5.75 Å². The Morgan fingerprint density at radius 1 is 1.25 bits per heavy atom. The summed E-state index contributed by atoms with van der Waals surface area (Å²) >= 11 is 0. The van der Waals surface area contributed by atoms with Crippen LogP contribution in [0.15, 0.2) is 29.4 Å². The molecule has 110 valence electrons. The van der Waals surface area contributed by atoms with E-state index in [-0.39, 0.29) is 13.0 Å². The van der Waals surface area contributed by atoms with Crippen LogP contribution in [0.4, 0.5) is 13.2 Å². The molecule has 3 nitrogen and oxygen atoms in total. The number of oxime groups is 1. The number of para-hydroxylation sites is 1. The summed E-state index contributed by atoms with van der Waals surface area (Å²) in [5.74, 6) is 0.739. The van der Waals surface area contributed by atoms with Crippen molar-refractivity contribution in [3.63, 3.8) is 0 Å². The molecule has 2 rings (SSSR count). The summed E-state index contributed by atoms with van der Waals surface area (Å²) in [4.78, 5) is 5.01. The molecule has 0 atom stereocenters. The van der Waals surface area contributed by atoms with Gasteiger partial charge >= 0.3 is 6.18 Å². The van der Waals surface area contributed by atoms with E-state index in [2.05, 4.69) is 5.16 Å². The quantitative estimate of drug-likeness (QED) is 0.620. The number of benzene rings is 1. The first-order chi connectivity index (χ1) is 9.56. The second kappa shape index (κ2) is 6.63. The average molecular weight is 287 g/mol. The highest BCUT2D eigenvalue weighted by Gasteiger charge is 2.26. The van der Waals surface area contributed by atoms with Gasteiger partial charge in [-0.05, 0) is 31.4 Å². The van der Waals surface area contributed by atoms with Crippen LogP contribution < -0.4 is 4.74 Å². The average Bonchev–Trinajstić information content (AvgIpc) is 2.60. The molecule has 1 heterocycles. The van der Waals surface area contributed by atoms with Crippen molar-refractivity contribution in [3.05, 3.63) is 29.8 Å². The van der Waals surface area contributed by atoms with Crippen LogP contribution in [0.25, 0.3) is 0 Å². The van der Waals surface area contributed by atoms with Crippen LogP contribution in [0, 0.1) is 0 Å². The van der Waals surface area contributed by atoms with Crippen molar-refractivity contribution in [2.45, 2.75) is 31.9 Å². The highest BCUT2D eigenvalue weighted by Crippen LogP contribution is 2.24. The summed E-state index contributed by atoms with van der Waals surface area (Å²) in [6.45, 7) is 0.566. The van der Waals surface area contributed by atoms with Crippen LogP contribution in [0.3, 0.4) is 0 Å². The highest BCUT2D eigenvalue weighted by atomic mass is 19.4. The summed E-state index contributed by atoms with van der Waals surface area (Å²) in [6, 6.07) is 7.46. The van der Waals surface area contributed by atoms with Gasteiger partial charge in [-0.3, -0.25) is 0 Å². The van der Waals surface area contributed by atoms with Crippen LogP contribution in [-0.2, 0) is 4.84 Å². The fourth-order valence-electron chi connectivity index (χ4n) is 1.94. The van der Waals surface area contributed by atoms with Gasteiger partial charge in [0.1, 0.15) is 12.4 Å². The van der Waals surface area contributed by atoms with Crippen molar-refractivity contribution in [2.75, 3.05) is 13.2 Å². The SMILES string of the molecule is FC(F)(F)CCCO/N=C1\CCCOc2ccccc21. The van der Waals surface area contributed by atoms with Gasteiger partial charge in [0, 0.05) is 12.0 Å². The Bertz CT molecular complexity index is 472. The Morgan fingerprint density at radius 3 is 2.85 bits per heavy atom. The molecule has 1 aliphatic heterocycles. The lowest BCUT2D eigenvalue weighted by atomic mass is 10.1. The molecular weight excluding hydrogens is 271 g/mol. The molecule has 20 heavy (non-hydrogen) atoms. The van der Waals surface area contributed by atoms with E-state index in [9.17, 15) is 13.2 Å². The number of halogens is 3. The van der Waals surface area contributed by atoms with Crippen molar-refractivity contribution >= 4 is 5.71 Å². The van der Waals surface area contributed by atoms with E-state index in [0.29, 0.717) is 13.0 Å². The van der Waals surface area contributed by atoms with Gasteiger partial charge in [-0.1, -0.05) is 17.3 Å². The minimum absolute atomic E-state index is 0.0357. The summed E-state index contributed by atoms with van der Waals surface area (Å²) in [7, 11) is 0. The van der Waals surface area contributed by atoms with E-state index in [1.165, 1.54) is 0 Å². The summed E-state index contributed by atoms with van der Waals surface area (Å²) in [6.07, 6.45) is -3.58. The first kappa shape index (κ1) is 14.7. The van der Waals surface area contributed by atoms with Crippen LogP contribution >= 0.6 is 0 Å². The lowest BCUT2D eigenvalue weighted by molar-refractivity contribution is -0.137. The third-order valence-corrected chi connectivity index (χ3v) is 2.88. The minimum Gasteiger partial charge on any atom is -0.493 e. The minimum atomic E-state index is -4.14. The molecule has 0 saturated heterocycles. The van der Waals surface area contributed by atoms with E-state index >= 15 is 0 Å². The van der Waals surface area contributed by atoms with Gasteiger partial charge in [-0.2, -0.15) is 13.2 Å². The molecular formula is C14H16F3NO2. The van der Waals surface area contributed by atoms with E-state index in [1.807, 2.05) is 24.3 Å². The fourth-order valence-corrected chi connectivity index (χ4v) is 1.94. The maximum absolute atomic E-state index is 12.0. The van der Waals surface area contributed by atoms with E-state index in [4.69, 9.17) is 9.57 Å². The van der Waals surface area contributed by atoms with Gasteiger partial charge in [-0.25, -0.2) is 0 Å². The van der Waals surface area contributed by atoms with Crippen LogP contribution in [-0.4, -0.2) is 25.1 Å². The van der Waals surface area contributed by atoms with Crippen LogP contribution in [0.1, 0.15) is 31.2 Å². The Labute approximate surface area is 115 Å². The Morgan fingerprint density at radius 2 is 2.05 bits per heavy atom. The van der Waals surface area contributed by atoms with Gasteiger partial charge in [0.05, 0.1) is 12.3 Å². The molecule has 0 bridgehead atoms. The predicted octanol–water partition coefficient (Wildman–Crippen LogP) is 3.92. The Hall–Kier alpha value is -1.72. The lowest BCUT2D eigenvalue weighted by Gasteiger charge is -2.08. The first-order valence-electron chi connectivity index (χ1n) is 6.54. The first-order valence-corrected chi connectivity index (χ1v) is 6.54. The number of nitrogens with zero attached hydrogens (tertiary/aromatic N) is 1. The molecule has 1 aliphatic rings. The topological polar surface area (TPSA) is 30.8 Å². The number of rotatable bonds is 4. The second-order valence-corrected chi connectivity index (χ2v) is 4.54. The van der Waals surface area contributed by atoms with Crippen molar-refractivity contribution in [2.24, 2.45) is 5.16 Å². The molecule has 0 amide bonds. The Kier molecular flexibility index (Phi) is 4.87. The number of hydrogen-bond acceptors (Lipinski definition) is 3. The normalized spacial score (nSPS) is 17.2. The van der Waals surface area contributed by atoms with Crippen molar-refractivity contribution < 1.29 is 22.7 Å². The van der Waals surface area contributed by atoms with Gasteiger partial charge in [0.15, 0.2) is 0 Å². The molecule has 1 aromatic rings. The highest BCUT2D eigenvalue weighted by molar-refractivity contribution is 6.02. The smallest absolute Gasteiger partial charge is 0.389 e. The molecule has 1 aromatic carbocycles. The number of ether oxygens (including phenoxy) is 1. The molecule has 0 unspecified atom stereocenters. The molecule has 0 radical (unpaired) electrons. The third-order valence-electron chi connectivity index (χ3n) is 2.88. The molecule has 0 N–H and O–H groups in total. The van der Waals surface area contributed by atoms with Gasteiger partial charge < -0.3 is 9.57 Å². The lowest BCUT2D eigenvalue weighted by Crippen LogP contribution is -2.08. The zero-order valence-corrected chi connectivity index (χ0v) is 10.9. The zero-order valence-electron chi connectivity index (χ0n) is 10.9. The molecule has 0 aromatic heterocycles. The largest absolute Gasteiger partial charge is 0.493 e. The summed E-state index contributed by atoms with van der Waals surface area (Å²) in [5.41, 5.74) is 1.57. The monoisotopic (exact) mass is 287 g/mol. The number of alkyl halides is 3. The van der Waals surface area contributed by atoms with E-state index in [1.54, 1.807) is 0 Å². The van der Waals surface area contributed by atoms with E-state index in [0.717, 1.165) is 23.4 Å². The molecule has 0 saturated carbocycles. The summed E-state index contributed by atoms with van der Waals surface area (Å²) < 4.78 is 41.5. The van der Waals surface area contributed by atoms with Gasteiger partial charge in [0.2, 0.25) is 0 Å². The van der Waals surface area contributed by atoms with Crippen LogP contribution in [0.2, 0.25) is 0 Å². The van der Waals surface area contributed by atoms with Gasteiger partial charge in [-0.15, -0.1) is 0 Å². The van der Waals surface area contributed by atoms with E-state index < -0.39 is 12.6 Å². The number of fused-ring (bicyclic) bond motifs is 1. The summed E-state index contributed by atoms with van der Waals surface area (Å²) in [5, 5.41) is 3.97. The maximum Gasteiger partial charge on any atom is 0.389 e. The zero-order chi connectivity index (χ0) is 14.4. The fraction of sp³-hybridized carbons (Fsp3) is 0.500. The standard InChI is InChI=1S/C14H16F3NO2/c15-14(16,17)8-4-10-20-18-12-6-3-9-19-13-7-2-1-5-11(12)13/h1-2,5,7H,3-4,6,8-10H2/b18-12+. The molecule has 0 aliphatic carbocycles.